The van der Waals surface area contributed by atoms with E-state index in [9.17, 15) is 19.2 Å². The fraction of sp³-hybridized carbons (Fsp3) is 0.310. The van der Waals surface area contributed by atoms with Gasteiger partial charge in [0.25, 0.3) is 11.8 Å². The lowest BCUT2D eigenvalue weighted by molar-refractivity contribution is -0.121. The highest BCUT2D eigenvalue weighted by molar-refractivity contribution is 7.15. The molecule has 3 amide bonds. The average Bonchev–Trinajstić information content (AvgIpc) is 3.39. The fourth-order valence-corrected chi connectivity index (χ4v) is 5.62. The number of esters is 1. The van der Waals surface area contributed by atoms with Gasteiger partial charge in [-0.05, 0) is 49.9 Å². The summed E-state index contributed by atoms with van der Waals surface area (Å²) in [5.41, 5.74) is 4.45. The first-order valence-electron chi connectivity index (χ1n) is 12.3. The van der Waals surface area contributed by atoms with Gasteiger partial charge in [-0.3, -0.25) is 19.3 Å². The monoisotopic (exact) mass is 518 g/mol. The van der Waals surface area contributed by atoms with Crippen LogP contribution in [0.25, 0.3) is 11.1 Å². The van der Waals surface area contributed by atoms with Crippen LogP contribution in [0.2, 0.25) is 0 Å². The van der Waals surface area contributed by atoms with E-state index in [4.69, 9.17) is 4.74 Å². The molecule has 1 aliphatic rings. The third kappa shape index (κ3) is 4.81. The zero-order valence-corrected chi connectivity index (χ0v) is 22.4. The van der Waals surface area contributed by atoms with Crippen molar-refractivity contribution in [3.63, 3.8) is 0 Å². The Labute approximate surface area is 220 Å². The molecule has 0 radical (unpaired) electrons. The highest BCUT2D eigenvalue weighted by Crippen LogP contribution is 2.38. The van der Waals surface area contributed by atoms with Crippen LogP contribution < -0.4 is 5.32 Å². The van der Waals surface area contributed by atoms with Crippen LogP contribution in [0, 0.1) is 19.8 Å². The average molecular weight is 519 g/mol. The zero-order valence-electron chi connectivity index (χ0n) is 21.6. The second-order valence-corrected chi connectivity index (χ2v) is 10.1. The third-order valence-electron chi connectivity index (χ3n) is 6.73. The minimum Gasteiger partial charge on any atom is -0.462 e. The fourth-order valence-electron chi connectivity index (χ4n) is 4.67. The van der Waals surface area contributed by atoms with Gasteiger partial charge >= 0.3 is 5.97 Å². The Kier molecular flexibility index (Phi) is 7.59. The third-order valence-corrected chi connectivity index (χ3v) is 7.63. The zero-order chi connectivity index (χ0) is 26.9. The van der Waals surface area contributed by atoms with Gasteiger partial charge in [-0.2, -0.15) is 0 Å². The van der Waals surface area contributed by atoms with Gasteiger partial charge in [0, 0.05) is 10.9 Å². The molecule has 2 heterocycles. The molecule has 0 bridgehead atoms. The number of carbonyl (C=O) groups is 4. The van der Waals surface area contributed by atoms with Crippen molar-refractivity contribution in [1.82, 2.24) is 4.90 Å². The van der Waals surface area contributed by atoms with E-state index in [0.717, 1.165) is 21.6 Å². The van der Waals surface area contributed by atoms with E-state index in [-0.39, 0.29) is 29.2 Å². The predicted molar refractivity (Wildman–Crippen MR) is 144 cm³/mol. The number of carbonyl (C=O) groups excluding carboxylic acids is 4. The summed E-state index contributed by atoms with van der Waals surface area (Å²) in [6, 6.07) is 11.5. The number of rotatable bonds is 8. The number of fused-ring (bicyclic) bond motifs is 1. The molecule has 8 heteroatoms. The number of ether oxygens (including phenoxy) is 1. The number of aryl methyl sites for hydroxylation is 2. The van der Waals surface area contributed by atoms with Gasteiger partial charge in [-0.1, -0.05) is 56.2 Å². The normalized spacial score (nSPS) is 14.4. The maximum Gasteiger partial charge on any atom is 0.341 e. The van der Waals surface area contributed by atoms with Gasteiger partial charge in [0.05, 0.1) is 17.7 Å². The summed E-state index contributed by atoms with van der Waals surface area (Å²) < 4.78 is 5.34. The van der Waals surface area contributed by atoms with Crippen molar-refractivity contribution in [2.45, 2.75) is 47.1 Å². The van der Waals surface area contributed by atoms with Gasteiger partial charge in [0.2, 0.25) is 5.91 Å². The molecule has 0 aliphatic carbocycles. The smallest absolute Gasteiger partial charge is 0.341 e. The van der Waals surface area contributed by atoms with Crippen LogP contribution in [-0.2, 0) is 9.53 Å². The van der Waals surface area contributed by atoms with Crippen molar-refractivity contribution in [2.24, 2.45) is 5.92 Å². The lowest BCUT2D eigenvalue weighted by atomic mass is 9.96. The van der Waals surface area contributed by atoms with E-state index in [1.165, 1.54) is 11.3 Å². The van der Waals surface area contributed by atoms with Crippen LogP contribution in [0.1, 0.15) is 69.4 Å². The van der Waals surface area contributed by atoms with Crippen molar-refractivity contribution in [1.29, 1.82) is 0 Å². The molecule has 1 N–H and O–H groups in total. The molecule has 2 atom stereocenters. The van der Waals surface area contributed by atoms with Crippen molar-refractivity contribution in [3.8, 4) is 11.1 Å². The quantitative estimate of drug-likeness (QED) is 0.298. The molecular weight excluding hydrogens is 488 g/mol. The molecule has 7 nitrogen and oxygen atoms in total. The number of hydrogen-bond acceptors (Lipinski definition) is 6. The predicted octanol–water partition coefficient (Wildman–Crippen LogP) is 5.86. The van der Waals surface area contributed by atoms with Crippen LogP contribution >= 0.6 is 11.3 Å². The largest absolute Gasteiger partial charge is 0.462 e. The summed E-state index contributed by atoms with van der Waals surface area (Å²) in [6.45, 7) is 9.59. The molecule has 0 saturated carbocycles. The molecule has 4 rings (SSSR count). The minimum atomic E-state index is -1.04. The van der Waals surface area contributed by atoms with Gasteiger partial charge in [-0.15, -0.1) is 11.3 Å². The maximum absolute atomic E-state index is 13.7. The highest BCUT2D eigenvalue weighted by Gasteiger charge is 2.44. The molecule has 2 aromatic carbocycles. The molecule has 0 fully saturated rings. The van der Waals surface area contributed by atoms with Crippen LogP contribution in [0.3, 0.4) is 0 Å². The molecule has 37 heavy (non-hydrogen) atoms. The SMILES string of the molecule is CCOC(=O)c1c(-c2ccc(C)cc2C)csc1NC(=O)C(C(C)CC)N1C(=O)c2ccccc2C1=O. The maximum atomic E-state index is 13.7. The van der Waals surface area contributed by atoms with E-state index >= 15 is 0 Å². The van der Waals surface area contributed by atoms with E-state index < -0.39 is 29.7 Å². The van der Waals surface area contributed by atoms with Gasteiger partial charge in [-0.25, -0.2) is 4.79 Å². The Morgan fingerprint density at radius 3 is 2.19 bits per heavy atom. The lowest BCUT2D eigenvalue weighted by Crippen LogP contribution is -2.50. The number of benzene rings is 2. The first-order valence-corrected chi connectivity index (χ1v) is 13.2. The standard InChI is InChI=1S/C29H30N2O5S/c1-6-17(4)24(31-27(33)20-10-8-9-11-21(20)28(31)34)25(32)30-26-23(29(35)36-7-2)22(15-37-26)19-13-12-16(3)14-18(19)5/h8-15,17,24H,6-7H2,1-5H3,(H,30,32). The van der Waals surface area contributed by atoms with Crippen LogP contribution in [-0.4, -0.2) is 41.2 Å². The van der Waals surface area contributed by atoms with Crippen molar-refractivity contribution >= 4 is 40.0 Å². The summed E-state index contributed by atoms with van der Waals surface area (Å²) in [4.78, 5) is 54.2. The number of amides is 3. The molecular formula is C29H30N2O5S. The molecule has 192 valence electrons. The van der Waals surface area contributed by atoms with Gasteiger partial charge < -0.3 is 10.1 Å². The number of anilines is 1. The van der Waals surface area contributed by atoms with Crippen LogP contribution in [0.15, 0.2) is 47.8 Å². The number of thiophene rings is 1. The Balaban J connectivity index is 1.73. The number of nitrogens with one attached hydrogen (secondary N) is 1. The Bertz CT molecular complexity index is 1360. The van der Waals surface area contributed by atoms with Crippen molar-refractivity contribution < 1.29 is 23.9 Å². The highest BCUT2D eigenvalue weighted by atomic mass is 32.1. The van der Waals surface area contributed by atoms with Crippen LogP contribution in [0.4, 0.5) is 5.00 Å². The van der Waals surface area contributed by atoms with Gasteiger partial charge in [0.15, 0.2) is 0 Å². The van der Waals surface area contributed by atoms with E-state index in [0.29, 0.717) is 17.0 Å². The van der Waals surface area contributed by atoms with E-state index in [1.807, 2.05) is 51.3 Å². The summed E-state index contributed by atoms with van der Waals surface area (Å²) in [6.07, 6.45) is 0.564. The molecule has 2 unspecified atom stereocenters. The Hall–Kier alpha value is -3.78. The molecule has 1 aromatic heterocycles. The minimum absolute atomic E-state index is 0.179. The summed E-state index contributed by atoms with van der Waals surface area (Å²) in [7, 11) is 0. The Morgan fingerprint density at radius 1 is 0.973 bits per heavy atom. The first-order chi connectivity index (χ1) is 17.7. The second kappa shape index (κ2) is 10.7. The number of hydrogen-bond donors (Lipinski definition) is 1. The topological polar surface area (TPSA) is 92.8 Å². The molecule has 1 aliphatic heterocycles. The lowest BCUT2D eigenvalue weighted by Gasteiger charge is -2.29. The van der Waals surface area contributed by atoms with E-state index in [2.05, 4.69) is 5.32 Å². The molecule has 0 spiro atoms. The summed E-state index contributed by atoms with van der Waals surface area (Å²) >= 11 is 1.21. The van der Waals surface area contributed by atoms with Gasteiger partial charge in [0.1, 0.15) is 16.6 Å². The number of nitrogens with zero attached hydrogens (tertiary/aromatic N) is 1. The van der Waals surface area contributed by atoms with Crippen LogP contribution in [0.5, 0.6) is 0 Å². The second-order valence-electron chi connectivity index (χ2n) is 9.24. The first kappa shape index (κ1) is 26.3. The number of imide groups is 1. The van der Waals surface area contributed by atoms with E-state index in [1.54, 1.807) is 31.2 Å². The van der Waals surface area contributed by atoms with Crippen molar-refractivity contribution in [2.75, 3.05) is 11.9 Å². The molecule has 3 aromatic rings. The Morgan fingerprint density at radius 2 is 1.62 bits per heavy atom. The summed E-state index contributed by atoms with van der Waals surface area (Å²) in [5, 5.41) is 5.01. The summed E-state index contributed by atoms with van der Waals surface area (Å²) in [5.74, 6) is -2.37. The molecule has 0 saturated heterocycles. The van der Waals surface area contributed by atoms with Crippen molar-refractivity contribution in [3.05, 3.63) is 75.7 Å².